The van der Waals surface area contributed by atoms with Crippen molar-refractivity contribution >= 4 is 5.91 Å². The maximum atomic E-state index is 12.4. The zero-order chi connectivity index (χ0) is 16.6. The first-order chi connectivity index (χ1) is 11.0. The van der Waals surface area contributed by atoms with Crippen LogP contribution in [-0.4, -0.2) is 27.0 Å². The third-order valence-electron chi connectivity index (χ3n) is 4.37. The van der Waals surface area contributed by atoms with Gasteiger partial charge in [-0.15, -0.1) is 0 Å². The van der Waals surface area contributed by atoms with Gasteiger partial charge in [-0.1, -0.05) is 6.08 Å². The Morgan fingerprint density at radius 1 is 1.43 bits per heavy atom. The van der Waals surface area contributed by atoms with Crippen LogP contribution in [0.5, 0.6) is 0 Å². The number of amides is 1. The Bertz CT molecular complexity index is 836. The van der Waals surface area contributed by atoms with E-state index in [-0.39, 0.29) is 24.1 Å². The van der Waals surface area contributed by atoms with E-state index < -0.39 is 11.2 Å². The summed E-state index contributed by atoms with van der Waals surface area (Å²) in [5.41, 5.74) is -0.399. The van der Waals surface area contributed by atoms with Crippen LogP contribution in [0.3, 0.4) is 0 Å². The molecule has 0 bridgehead atoms. The summed E-state index contributed by atoms with van der Waals surface area (Å²) in [6, 6.07) is 1.85. The minimum absolute atomic E-state index is 0.0341. The summed E-state index contributed by atoms with van der Waals surface area (Å²) in [5.74, 6) is -0.324. The fourth-order valence-corrected chi connectivity index (χ4v) is 2.81. The lowest BCUT2D eigenvalue weighted by Crippen LogP contribution is -2.44. The molecule has 1 fully saturated rings. The molecule has 0 saturated heterocycles. The lowest BCUT2D eigenvalue weighted by atomic mass is 10.3. The van der Waals surface area contributed by atoms with Gasteiger partial charge >= 0.3 is 5.69 Å². The van der Waals surface area contributed by atoms with E-state index in [1.54, 1.807) is 7.05 Å². The Labute approximate surface area is 133 Å². The Hall–Kier alpha value is -2.62. The molecule has 0 aliphatic heterocycles. The second-order valence-electron chi connectivity index (χ2n) is 6.01. The lowest BCUT2D eigenvalue weighted by molar-refractivity contribution is -0.129. The number of nitrogens with zero attached hydrogens (tertiary/aromatic N) is 4. The minimum atomic E-state index is -0.698. The summed E-state index contributed by atoms with van der Waals surface area (Å²) in [5, 5.41) is 9.09. The number of hydrogen-bond acceptors (Lipinski definition) is 4. The highest BCUT2D eigenvalue weighted by molar-refractivity contribution is 5.77. The predicted molar refractivity (Wildman–Crippen MR) is 82.7 cm³/mol. The van der Waals surface area contributed by atoms with Gasteiger partial charge in [0.05, 0.1) is 0 Å². The van der Waals surface area contributed by atoms with Gasteiger partial charge in [-0.05, 0) is 32.1 Å². The van der Waals surface area contributed by atoms with Crippen molar-refractivity contribution in [1.29, 1.82) is 5.26 Å². The molecule has 0 unspecified atom stereocenters. The summed E-state index contributed by atoms with van der Waals surface area (Å²) in [7, 11) is 1.65. The van der Waals surface area contributed by atoms with Crippen molar-refractivity contribution < 1.29 is 4.79 Å². The Morgan fingerprint density at radius 2 is 2.17 bits per heavy atom. The number of carbonyl (C=O) groups is 1. The van der Waals surface area contributed by atoms with Crippen LogP contribution in [0, 0.1) is 11.3 Å². The van der Waals surface area contributed by atoms with E-state index in [0.29, 0.717) is 0 Å². The smallest absolute Gasteiger partial charge is 0.318 e. The number of aromatic nitrogens is 2. The van der Waals surface area contributed by atoms with Crippen molar-refractivity contribution in [3.05, 3.63) is 44.4 Å². The first-order valence-electron chi connectivity index (χ1n) is 7.74. The van der Waals surface area contributed by atoms with Gasteiger partial charge in [0.15, 0.2) is 0 Å². The molecule has 120 valence electrons. The number of rotatable bonds is 4. The average molecular weight is 314 g/mol. The van der Waals surface area contributed by atoms with Crippen molar-refractivity contribution in [3.63, 3.8) is 0 Å². The van der Waals surface area contributed by atoms with Gasteiger partial charge in [0.2, 0.25) is 5.91 Å². The molecule has 1 aromatic heterocycles. The summed E-state index contributed by atoms with van der Waals surface area (Å²) >= 11 is 0. The number of hydrogen-bond donors (Lipinski definition) is 0. The average Bonchev–Trinajstić information content (AvgIpc) is 3.24. The summed E-state index contributed by atoms with van der Waals surface area (Å²) in [6.07, 6.45) is 7.77. The van der Waals surface area contributed by atoms with Crippen molar-refractivity contribution in [2.45, 2.75) is 44.7 Å². The van der Waals surface area contributed by atoms with Gasteiger partial charge in [0, 0.05) is 25.0 Å². The van der Waals surface area contributed by atoms with Crippen LogP contribution in [0.4, 0.5) is 0 Å². The van der Waals surface area contributed by atoms with E-state index in [0.717, 1.165) is 42.4 Å². The van der Waals surface area contributed by atoms with Crippen LogP contribution >= 0.6 is 0 Å². The second-order valence-corrected chi connectivity index (χ2v) is 6.01. The summed E-state index contributed by atoms with van der Waals surface area (Å²) in [4.78, 5) is 38.6. The lowest BCUT2D eigenvalue weighted by Gasteiger charge is -2.19. The van der Waals surface area contributed by atoms with Crippen molar-refractivity contribution in [1.82, 2.24) is 14.0 Å². The largest absolute Gasteiger partial charge is 0.331 e. The maximum Gasteiger partial charge on any atom is 0.331 e. The van der Waals surface area contributed by atoms with Gasteiger partial charge in [-0.25, -0.2) is 9.36 Å². The van der Waals surface area contributed by atoms with E-state index in [1.165, 1.54) is 15.7 Å². The molecule has 0 atom stereocenters. The standard InChI is InChI=1S/C16H18N4O3/c1-18(12-4-2-3-5-12)14(21)10-20-15(22)11(8-17)9-19(16(20)23)13-6-7-13/h4,9,13H,2-3,5-7,10H2,1H3. The number of nitriles is 1. The topological polar surface area (TPSA) is 88.1 Å². The van der Waals surface area contributed by atoms with Gasteiger partial charge < -0.3 is 4.90 Å². The Morgan fingerprint density at radius 3 is 2.74 bits per heavy atom. The molecule has 1 aromatic rings. The van der Waals surface area contributed by atoms with Crippen LogP contribution < -0.4 is 11.2 Å². The molecule has 0 N–H and O–H groups in total. The first kappa shape index (κ1) is 15.3. The molecule has 1 amide bonds. The fourth-order valence-electron chi connectivity index (χ4n) is 2.81. The van der Waals surface area contributed by atoms with Crippen LogP contribution in [-0.2, 0) is 11.3 Å². The second kappa shape index (κ2) is 5.88. The zero-order valence-corrected chi connectivity index (χ0v) is 13.0. The van der Waals surface area contributed by atoms with Crippen LogP contribution in [0.1, 0.15) is 43.7 Å². The molecule has 1 heterocycles. The van der Waals surface area contributed by atoms with E-state index in [9.17, 15) is 14.4 Å². The quantitative estimate of drug-likeness (QED) is 0.820. The molecule has 2 aliphatic rings. The molecular weight excluding hydrogens is 296 g/mol. The molecule has 1 saturated carbocycles. The number of allylic oxidation sites excluding steroid dienone is 2. The highest BCUT2D eigenvalue weighted by Gasteiger charge is 2.27. The van der Waals surface area contributed by atoms with Gasteiger partial charge in [-0.2, -0.15) is 5.26 Å². The van der Waals surface area contributed by atoms with Gasteiger partial charge in [0.25, 0.3) is 5.56 Å². The molecule has 0 spiro atoms. The SMILES string of the molecule is CN(C(=O)Cn1c(=O)c(C#N)cn(C2CC2)c1=O)C1=CCCC1. The van der Waals surface area contributed by atoms with E-state index in [2.05, 4.69) is 0 Å². The summed E-state index contributed by atoms with van der Waals surface area (Å²) < 4.78 is 2.29. The normalized spacial score (nSPS) is 16.8. The third-order valence-corrected chi connectivity index (χ3v) is 4.37. The van der Waals surface area contributed by atoms with E-state index in [1.807, 2.05) is 12.1 Å². The molecule has 7 heteroatoms. The summed E-state index contributed by atoms with van der Waals surface area (Å²) in [6.45, 7) is -0.340. The van der Waals surface area contributed by atoms with Gasteiger partial charge in [0.1, 0.15) is 18.2 Å². The molecule has 0 radical (unpaired) electrons. The minimum Gasteiger partial charge on any atom is -0.318 e. The number of carbonyl (C=O) groups excluding carboxylic acids is 1. The molecular formula is C16H18N4O3. The van der Waals surface area contributed by atoms with Crippen molar-refractivity contribution in [3.8, 4) is 6.07 Å². The monoisotopic (exact) mass is 314 g/mol. The number of likely N-dealkylation sites (N-methyl/N-ethyl adjacent to an activating group) is 1. The van der Waals surface area contributed by atoms with E-state index in [4.69, 9.17) is 5.26 Å². The zero-order valence-electron chi connectivity index (χ0n) is 13.0. The molecule has 23 heavy (non-hydrogen) atoms. The van der Waals surface area contributed by atoms with Crippen molar-refractivity contribution in [2.24, 2.45) is 0 Å². The predicted octanol–water partition coefficient (Wildman–Crippen LogP) is 0.743. The fraction of sp³-hybridized carbons (Fsp3) is 0.500. The molecule has 0 aromatic carbocycles. The van der Waals surface area contributed by atoms with Crippen LogP contribution in [0.15, 0.2) is 27.6 Å². The van der Waals surface area contributed by atoms with Crippen molar-refractivity contribution in [2.75, 3.05) is 7.05 Å². The highest BCUT2D eigenvalue weighted by atomic mass is 16.2. The highest BCUT2D eigenvalue weighted by Crippen LogP contribution is 2.33. The molecule has 3 rings (SSSR count). The molecule has 7 nitrogen and oxygen atoms in total. The Balaban J connectivity index is 1.94. The Kier molecular flexibility index (Phi) is 3.90. The third kappa shape index (κ3) is 2.84. The van der Waals surface area contributed by atoms with Crippen LogP contribution in [0.2, 0.25) is 0 Å². The van der Waals surface area contributed by atoms with Gasteiger partial charge in [-0.3, -0.25) is 14.2 Å². The molecule has 2 aliphatic carbocycles. The first-order valence-corrected chi connectivity index (χ1v) is 7.74. The van der Waals surface area contributed by atoms with Crippen LogP contribution in [0.25, 0.3) is 0 Å². The maximum absolute atomic E-state index is 12.4. The van der Waals surface area contributed by atoms with E-state index >= 15 is 0 Å².